The fourth-order valence-corrected chi connectivity index (χ4v) is 4.58. The van der Waals surface area contributed by atoms with Crippen molar-refractivity contribution in [2.24, 2.45) is 0 Å². The number of hydrogen-bond acceptors (Lipinski definition) is 6. The average molecular weight is 465 g/mol. The van der Waals surface area contributed by atoms with E-state index in [1.807, 2.05) is 45.9 Å². The number of carbonyl (C=O) groups excluding carboxylic acids is 2. The quantitative estimate of drug-likeness (QED) is 0.488. The van der Waals surface area contributed by atoms with Gasteiger partial charge >= 0.3 is 0 Å². The molecule has 1 aliphatic heterocycles. The van der Waals surface area contributed by atoms with E-state index >= 15 is 0 Å². The summed E-state index contributed by atoms with van der Waals surface area (Å²) in [6, 6.07) is 11.3. The van der Waals surface area contributed by atoms with Gasteiger partial charge in [-0.2, -0.15) is 0 Å². The zero-order valence-corrected chi connectivity index (χ0v) is 19.6. The molecule has 0 spiro atoms. The summed E-state index contributed by atoms with van der Waals surface area (Å²) < 4.78 is 2.05. The number of hydrogen-bond donors (Lipinski definition) is 1. The highest BCUT2D eigenvalue weighted by Gasteiger charge is 2.19. The van der Waals surface area contributed by atoms with Crippen molar-refractivity contribution in [2.75, 3.05) is 18.8 Å². The monoisotopic (exact) mass is 464 g/mol. The lowest BCUT2D eigenvalue weighted by atomic mass is 10.1. The van der Waals surface area contributed by atoms with Gasteiger partial charge in [-0.25, -0.2) is 0 Å². The molecule has 0 atom stereocenters. The van der Waals surface area contributed by atoms with Crippen molar-refractivity contribution in [1.82, 2.24) is 30.0 Å². The maximum Gasteiger partial charge on any atom is 0.253 e. The Labute approximate surface area is 197 Å². The fraction of sp³-hybridized carbons (Fsp3) is 0.375. The lowest BCUT2D eigenvalue weighted by Crippen LogP contribution is -2.27. The number of pyridine rings is 1. The number of carbonyl (C=O) groups is 2. The molecule has 2 aromatic heterocycles. The molecule has 0 radical (unpaired) electrons. The molecule has 2 amide bonds. The number of benzene rings is 1. The molecule has 1 fully saturated rings. The van der Waals surface area contributed by atoms with Crippen LogP contribution in [0.15, 0.2) is 53.9 Å². The molecule has 1 aromatic carbocycles. The minimum atomic E-state index is -0.0753. The van der Waals surface area contributed by atoms with Crippen LogP contribution in [0.2, 0.25) is 0 Å². The predicted octanol–water partition coefficient (Wildman–Crippen LogP) is 3.39. The highest BCUT2D eigenvalue weighted by molar-refractivity contribution is 7.99. The topological polar surface area (TPSA) is 93.0 Å². The number of nitrogens with one attached hydrogen (secondary N) is 1. The second-order valence-corrected chi connectivity index (χ2v) is 8.90. The Hall–Kier alpha value is -3.20. The molecule has 4 rings (SSSR count). The van der Waals surface area contributed by atoms with Crippen molar-refractivity contribution in [3.05, 3.63) is 59.9 Å². The Balaban J connectivity index is 1.30. The molecule has 33 heavy (non-hydrogen) atoms. The van der Waals surface area contributed by atoms with Gasteiger partial charge in [-0.15, -0.1) is 10.2 Å². The van der Waals surface area contributed by atoms with E-state index in [2.05, 4.69) is 27.4 Å². The SMILES string of the molecule is CCCn1c(SCC(=O)NCc2ccc(C(=O)N3CCCC3)cc2)nnc1-c1ccncc1. The van der Waals surface area contributed by atoms with Gasteiger partial charge in [-0.05, 0) is 49.1 Å². The third-order valence-corrected chi connectivity index (χ3v) is 6.49. The lowest BCUT2D eigenvalue weighted by molar-refractivity contribution is -0.118. The molecule has 172 valence electrons. The highest BCUT2D eigenvalue weighted by Crippen LogP contribution is 2.24. The van der Waals surface area contributed by atoms with Crippen molar-refractivity contribution in [3.63, 3.8) is 0 Å². The summed E-state index contributed by atoms with van der Waals surface area (Å²) in [5.41, 5.74) is 2.61. The smallest absolute Gasteiger partial charge is 0.253 e. The van der Waals surface area contributed by atoms with Gasteiger partial charge in [0.25, 0.3) is 5.91 Å². The first-order valence-electron chi connectivity index (χ1n) is 11.3. The highest BCUT2D eigenvalue weighted by atomic mass is 32.2. The van der Waals surface area contributed by atoms with Crippen LogP contribution < -0.4 is 5.32 Å². The Kier molecular flexibility index (Phi) is 7.72. The molecule has 0 saturated carbocycles. The number of nitrogens with zero attached hydrogens (tertiary/aromatic N) is 5. The molecule has 1 N–H and O–H groups in total. The molecule has 0 unspecified atom stereocenters. The van der Waals surface area contributed by atoms with Gasteiger partial charge in [-0.3, -0.25) is 14.6 Å². The third-order valence-electron chi connectivity index (χ3n) is 5.52. The van der Waals surface area contributed by atoms with E-state index in [9.17, 15) is 9.59 Å². The van der Waals surface area contributed by atoms with Crippen LogP contribution in [0.1, 0.15) is 42.1 Å². The largest absolute Gasteiger partial charge is 0.351 e. The summed E-state index contributed by atoms with van der Waals surface area (Å²) in [6.45, 7) is 4.97. The number of thioether (sulfide) groups is 1. The van der Waals surface area contributed by atoms with Crippen molar-refractivity contribution < 1.29 is 9.59 Å². The fourth-order valence-electron chi connectivity index (χ4n) is 3.78. The minimum absolute atomic E-state index is 0.0753. The number of rotatable bonds is 9. The summed E-state index contributed by atoms with van der Waals surface area (Å²) in [5, 5.41) is 12.3. The average Bonchev–Trinajstić information content (AvgIpc) is 3.53. The molecule has 8 nitrogen and oxygen atoms in total. The van der Waals surface area contributed by atoms with Crippen molar-refractivity contribution in [1.29, 1.82) is 0 Å². The van der Waals surface area contributed by atoms with Crippen LogP contribution in [0.25, 0.3) is 11.4 Å². The van der Waals surface area contributed by atoms with Crippen molar-refractivity contribution in [2.45, 2.75) is 44.4 Å². The molecule has 3 aromatic rings. The van der Waals surface area contributed by atoms with Crippen LogP contribution in [0.4, 0.5) is 0 Å². The van der Waals surface area contributed by atoms with Gasteiger partial charge in [0.05, 0.1) is 5.75 Å². The Bertz CT molecular complexity index is 1080. The third kappa shape index (κ3) is 5.78. The van der Waals surface area contributed by atoms with Crippen LogP contribution in [-0.2, 0) is 17.9 Å². The summed E-state index contributed by atoms with van der Waals surface area (Å²) >= 11 is 1.38. The van der Waals surface area contributed by atoms with Gasteiger partial charge in [0.2, 0.25) is 5.91 Å². The lowest BCUT2D eigenvalue weighted by Gasteiger charge is -2.15. The second-order valence-electron chi connectivity index (χ2n) is 7.96. The molecule has 1 saturated heterocycles. The van der Waals surface area contributed by atoms with Gasteiger partial charge in [0.1, 0.15) is 0 Å². The van der Waals surface area contributed by atoms with E-state index in [-0.39, 0.29) is 17.6 Å². The van der Waals surface area contributed by atoms with E-state index in [4.69, 9.17) is 0 Å². The summed E-state index contributed by atoms with van der Waals surface area (Å²) in [7, 11) is 0. The van der Waals surface area contributed by atoms with E-state index in [0.717, 1.165) is 61.0 Å². The summed E-state index contributed by atoms with van der Waals surface area (Å²) in [6.07, 6.45) is 6.55. The van der Waals surface area contributed by atoms with Crippen molar-refractivity contribution in [3.8, 4) is 11.4 Å². The molecule has 9 heteroatoms. The molecule has 1 aliphatic rings. The zero-order valence-electron chi connectivity index (χ0n) is 18.7. The predicted molar refractivity (Wildman–Crippen MR) is 128 cm³/mol. The summed E-state index contributed by atoms with van der Waals surface area (Å²) in [5.74, 6) is 1.05. The first-order valence-corrected chi connectivity index (χ1v) is 12.3. The van der Waals surface area contributed by atoms with Gasteiger partial charge in [-0.1, -0.05) is 30.8 Å². The Morgan fingerprint density at radius 2 is 1.76 bits per heavy atom. The van der Waals surface area contributed by atoms with E-state index in [1.165, 1.54) is 11.8 Å². The molecule has 0 aliphatic carbocycles. The summed E-state index contributed by atoms with van der Waals surface area (Å²) in [4.78, 5) is 30.8. The molecule has 0 bridgehead atoms. The van der Waals surface area contributed by atoms with Gasteiger partial charge < -0.3 is 14.8 Å². The first kappa shape index (κ1) is 23.0. The maximum atomic E-state index is 12.4. The van der Waals surface area contributed by atoms with Crippen LogP contribution >= 0.6 is 11.8 Å². The Morgan fingerprint density at radius 3 is 2.45 bits per heavy atom. The van der Waals surface area contributed by atoms with Crippen LogP contribution in [0, 0.1) is 0 Å². The van der Waals surface area contributed by atoms with Crippen molar-refractivity contribution >= 4 is 23.6 Å². The number of amides is 2. The zero-order chi connectivity index (χ0) is 23.0. The standard InChI is InChI=1S/C24H28N6O2S/c1-2-13-30-22(19-9-11-25-12-10-19)27-28-24(30)33-17-21(31)26-16-18-5-7-20(8-6-18)23(32)29-14-3-4-15-29/h5-12H,2-4,13-17H2,1H3,(H,26,31). The van der Waals surface area contributed by atoms with Gasteiger partial charge in [0, 0.05) is 49.7 Å². The molecular weight excluding hydrogens is 436 g/mol. The van der Waals surface area contributed by atoms with Gasteiger partial charge in [0.15, 0.2) is 11.0 Å². The van der Waals surface area contributed by atoms with E-state index in [1.54, 1.807) is 12.4 Å². The Morgan fingerprint density at radius 1 is 1.03 bits per heavy atom. The maximum absolute atomic E-state index is 12.4. The van der Waals surface area contributed by atoms with Crippen LogP contribution in [-0.4, -0.2) is 55.3 Å². The second kappa shape index (κ2) is 11.1. The molecular formula is C24H28N6O2S. The van der Waals surface area contributed by atoms with Crippen LogP contribution in [0.3, 0.4) is 0 Å². The minimum Gasteiger partial charge on any atom is -0.351 e. The van der Waals surface area contributed by atoms with E-state index in [0.29, 0.717) is 12.1 Å². The van der Waals surface area contributed by atoms with E-state index < -0.39 is 0 Å². The number of likely N-dealkylation sites (tertiary alicyclic amines) is 1. The van der Waals surface area contributed by atoms with Crippen LogP contribution in [0.5, 0.6) is 0 Å². The first-order chi connectivity index (χ1) is 16.2. The molecule has 3 heterocycles. The normalized spacial score (nSPS) is 13.3. The number of aromatic nitrogens is 4.